The molecular weight excluding hydrogens is 378 g/mol. The number of aromatic nitrogens is 4. The lowest BCUT2D eigenvalue weighted by atomic mass is 10.1. The molecule has 2 aliphatic rings. The second-order valence-electron chi connectivity index (χ2n) is 7.94. The van der Waals surface area contributed by atoms with Crippen LogP contribution in [0.15, 0.2) is 42.0 Å². The maximum Gasteiger partial charge on any atom is 0.180 e. The third kappa shape index (κ3) is 3.56. The van der Waals surface area contributed by atoms with Crippen molar-refractivity contribution < 1.29 is 0 Å². The minimum Gasteiger partial charge on any atom is -0.357 e. The molecule has 9 heteroatoms. The fourth-order valence-corrected chi connectivity index (χ4v) is 4.22. The Balaban J connectivity index is 1.32. The normalized spacial score (nSPS) is 19.7. The molecule has 1 unspecified atom stereocenters. The van der Waals surface area contributed by atoms with E-state index in [1.807, 2.05) is 43.9 Å². The molecule has 0 saturated carbocycles. The van der Waals surface area contributed by atoms with Crippen LogP contribution in [0.1, 0.15) is 24.5 Å². The molecule has 0 aromatic carbocycles. The zero-order valence-corrected chi connectivity index (χ0v) is 17.4. The minimum absolute atomic E-state index is 0.230. The zero-order chi connectivity index (χ0) is 20.5. The van der Waals surface area contributed by atoms with Gasteiger partial charge in [-0.1, -0.05) is 0 Å². The van der Waals surface area contributed by atoms with Gasteiger partial charge in [0.2, 0.25) is 0 Å². The molecule has 0 spiro atoms. The number of pyridine rings is 1. The van der Waals surface area contributed by atoms with Gasteiger partial charge in [-0.25, -0.2) is 15.0 Å². The van der Waals surface area contributed by atoms with Crippen molar-refractivity contribution in [1.29, 1.82) is 0 Å². The first kappa shape index (κ1) is 18.8. The lowest BCUT2D eigenvalue weighted by Crippen LogP contribution is -2.41. The van der Waals surface area contributed by atoms with Gasteiger partial charge in [0, 0.05) is 51.3 Å². The number of fused-ring (bicyclic) bond motifs is 1. The molecule has 156 valence electrons. The summed E-state index contributed by atoms with van der Waals surface area (Å²) in [5.74, 6) is 1.97. The van der Waals surface area contributed by atoms with Crippen molar-refractivity contribution in [3.8, 4) is 0 Å². The minimum atomic E-state index is 0.230. The number of likely N-dealkylation sites (N-methyl/N-ethyl adjacent to an activating group) is 1. The van der Waals surface area contributed by atoms with Crippen LogP contribution in [-0.4, -0.2) is 70.3 Å². The lowest BCUT2D eigenvalue weighted by Gasteiger charge is -2.32. The first-order valence-corrected chi connectivity index (χ1v) is 10.4. The zero-order valence-electron chi connectivity index (χ0n) is 17.4. The summed E-state index contributed by atoms with van der Waals surface area (Å²) in [6.07, 6.45) is 11.8. The first-order chi connectivity index (χ1) is 14.7. The van der Waals surface area contributed by atoms with E-state index in [9.17, 15) is 0 Å². The van der Waals surface area contributed by atoms with Gasteiger partial charge in [0.05, 0.1) is 29.7 Å². The standard InChI is InChI=1S/C21H27N9/c1-22-16-5-8-29(9-6-16)19-4-3-17(12-24-19)27-20-21-25-13-18(30(21)10-7-23-20)15-11-26-28(2)14-15/h3-4,7,10-13,15-16,22H,5-6,8-9,14H2,1-2H3,(H,23,27). The van der Waals surface area contributed by atoms with E-state index in [-0.39, 0.29) is 5.92 Å². The molecule has 5 rings (SSSR count). The Morgan fingerprint density at radius 2 is 1.93 bits per heavy atom. The Morgan fingerprint density at radius 1 is 1.07 bits per heavy atom. The number of nitrogens with zero attached hydrogens (tertiary/aromatic N) is 7. The van der Waals surface area contributed by atoms with Crippen LogP contribution in [0, 0.1) is 0 Å². The summed E-state index contributed by atoms with van der Waals surface area (Å²) < 4.78 is 2.08. The van der Waals surface area contributed by atoms with Crippen molar-refractivity contribution in [1.82, 2.24) is 29.7 Å². The van der Waals surface area contributed by atoms with E-state index in [0.29, 0.717) is 6.04 Å². The van der Waals surface area contributed by atoms with Gasteiger partial charge in [-0.3, -0.25) is 9.41 Å². The van der Waals surface area contributed by atoms with Gasteiger partial charge in [-0.15, -0.1) is 0 Å². The van der Waals surface area contributed by atoms with E-state index in [1.54, 1.807) is 6.20 Å². The highest BCUT2D eigenvalue weighted by atomic mass is 15.4. The van der Waals surface area contributed by atoms with Gasteiger partial charge in [0.25, 0.3) is 0 Å². The van der Waals surface area contributed by atoms with Crippen LogP contribution in [0.5, 0.6) is 0 Å². The fraction of sp³-hybridized carbons (Fsp3) is 0.429. The number of hydrogen-bond donors (Lipinski definition) is 2. The van der Waals surface area contributed by atoms with Gasteiger partial charge in [0.1, 0.15) is 5.82 Å². The summed E-state index contributed by atoms with van der Waals surface area (Å²) in [5.41, 5.74) is 2.81. The maximum atomic E-state index is 4.67. The Morgan fingerprint density at radius 3 is 2.63 bits per heavy atom. The summed E-state index contributed by atoms with van der Waals surface area (Å²) in [6.45, 7) is 2.92. The van der Waals surface area contributed by atoms with Gasteiger partial charge in [0.15, 0.2) is 11.5 Å². The monoisotopic (exact) mass is 405 g/mol. The highest BCUT2D eigenvalue weighted by molar-refractivity contribution is 5.73. The van der Waals surface area contributed by atoms with Crippen molar-refractivity contribution in [2.75, 3.05) is 43.9 Å². The van der Waals surface area contributed by atoms with Crippen LogP contribution in [0.25, 0.3) is 5.65 Å². The molecule has 0 amide bonds. The number of rotatable bonds is 5. The van der Waals surface area contributed by atoms with Crippen LogP contribution < -0.4 is 15.5 Å². The summed E-state index contributed by atoms with van der Waals surface area (Å²) in [5, 5.41) is 13.0. The molecule has 5 heterocycles. The van der Waals surface area contributed by atoms with Gasteiger partial charge >= 0.3 is 0 Å². The van der Waals surface area contributed by atoms with E-state index >= 15 is 0 Å². The Hall–Kier alpha value is -3.20. The molecule has 30 heavy (non-hydrogen) atoms. The van der Waals surface area contributed by atoms with Gasteiger partial charge < -0.3 is 15.5 Å². The Bertz CT molecular complexity index is 1030. The van der Waals surface area contributed by atoms with Crippen molar-refractivity contribution in [2.45, 2.75) is 24.8 Å². The molecular formula is C21H27N9. The molecule has 1 saturated heterocycles. The average molecular weight is 406 g/mol. The van der Waals surface area contributed by atoms with E-state index in [2.05, 4.69) is 52.1 Å². The lowest BCUT2D eigenvalue weighted by molar-refractivity contribution is 0.380. The quantitative estimate of drug-likeness (QED) is 0.672. The van der Waals surface area contributed by atoms with Crippen molar-refractivity contribution >= 4 is 29.2 Å². The summed E-state index contributed by atoms with van der Waals surface area (Å²) >= 11 is 0. The third-order valence-corrected chi connectivity index (χ3v) is 5.98. The average Bonchev–Trinajstić information content (AvgIpc) is 3.41. The number of imidazole rings is 1. The number of hydrazone groups is 1. The molecule has 2 aliphatic heterocycles. The predicted molar refractivity (Wildman–Crippen MR) is 119 cm³/mol. The first-order valence-electron chi connectivity index (χ1n) is 10.4. The van der Waals surface area contributed by atoms with Crippen molar-refractivity contribution in [2.24, 2.45) is 5.10 Å². The highest BCUT2D eigenvalue weighted by Crippen LogP contribution is 2.25. The summed E-state index contributed by atoms with van der Waals surface area (Å²) in [4.78, 5) is 16.1. The molecule has 0 radical (unpaired) electrons. The number of nitrogens with one attached hydrogen (secondary N) is 2. The number of hydrogen-bond acceptors (Lipinski definition) is 8. The molecule has 3 aromatic heterocycles. The topological polar surface area (TPSA) is 86.0 Å². The smallest absolute Gasteiger partial charge is 0.180 e. The summed E-state index contributed by atoms with van der Waals surface area (Å²) in [6, 6.07) is 4.74. The van der Waals surface area contributed by atoms with Crippen LogP contribution >= 0.6 is 0 Å². The van der Waals surface area contributed by atoms with E-state index < -0.39 is 0 Å². The molecule has 3 aromatic rings. The predicted octanol–water partition coefficient (Wildman–Crippen LogP) is 2.07. The molecule has 2 N–H and O–H groups in total. The van der Waals surface area contributed by atoms with Crippen LogP contribution in [0.2, 0.25) is 0 Å². The van der Waals surface area contributed by atoms with Crippen LogP contribution in [-0.2, 0) is 0 Å². The summed E-state index contributed by atoms with van der Waals surface area (Å²) in [7, 11) is 4.02. The van der Waals surface area contributed by atoms with Gasteiger partial charge in [-0.2, -0.15) is 5.10 Å². The second-order valence-corrected chi connectivity index (χ2v) is 7.94. The Kier molecular flexibility index (Phi) is 4.96. The largest absolute Gasteiger partial charge is 0.357 e. The van der Waals surface area contributed by atoms with E-state index in [0.717, 1.165) is 61.1 Å². The number of anilines is 3. The molecule has 1 fully saturated rings. The maximum absolute atomic E-state index is 4.67. The third-order valence-electron chi connectivity index (χ3n) is 5.98. The van der Waals surface area contributed by atoms with Crippen LogP contribution in [0.4, 0.5) is 17.3 Å². The van der Waals surface area contributed by atoms with Crippen molar-refractivity contribution in [3.63, 3.8) is 0 Å². The second kappa shape index (κ2) is 7.91. The van der Waals surface area contributed by atoms with Gasteiger partial charge in [-0.05, 0) is 32.0 Å². The Labute approximate surface area is 175 Å². The highest BCUT2D eigenvalue weighted by Gasteiger charge is 2.22. The molecule has 0 aliphatic carbocycles. The van der Waals surface area contributed by atoms with Crippen molar-refractivity contribution in [3.05, 3.63) is 42.6 Å². The molecule has 1 atom stereocenters. The SMILES string of the molecule is CNC1CCN(c2ccc(Nc3nccn4c(C5C=NN(C)C5)cnc34)cn2)CC1. The number of piperidine rings is 1. The molecule has 9 nitrogen and oxygen atoms in total. The molecule has 0 bridgehead atoms. The van der Waals surface area contributed by atoms with E-state index in [4.69, 9.17) is 0 Å². The van der Waals surface area contributed by atoms with Crippen LogP contribution in [0.3, 0.4) is 0 Å². The van der Waals surface area contributed by atoms with E-state index in [1.165, 1.54) is 0 Å². The fourth-order valence-electron chi connectivity index (χ4n) is 4.22.